The Morgan fingerprint density at radius 1 is 1.27 bits per heavy atom. The molecule has 0 atom stereocenters. The molecule has 1 rings (SSSR count). The van der Waals surface area contributed by atoms with E-state index in [-0.39, 0.29) is 5.96 Å². The van der Waals surface area contributed by atoms with Gasteiger partial charge in [-0.3, -0.25) is 0 Å². The van der Waals surface area contributed by atoms with Crippen molar-refractivity contribution in [2.75, 3.05) is 6.61 Å². The van der Waals surface area contributed by atoms with Crippen LogP contribution in [0.15, 0.2) is 29.3 Å². The zero-order valence-electron chi connectivity index (χ0n) is 8.94. The molecular formula is C11H17N3O. The predicted octanol–water partition coefficient (Wildman–Crippen LogP) is 0.997. The van der Waals surface area contributed by atoms with Gasteiger partial charge in [-0.1, -0.05) is 24.3 Å². The smallest absolute Gasteiger partial charge is 0.186 e. The van der Waals surface area contributed by atoms with Gasteiger partial charge in [-0.25, -0.2) is 4.99 Å². The van der Waals surface area contributed by atoms with E-state index in [1.165, 1.54) is 0 Å². The molecule has 15 heavy (non-hydrogen) atoms. The van der Waals surface area contributed by atoms with E-state index in [4.69, 9.17) is 16.2 Å². The van der Waals surface area contributed by atoms with Gasteiger partial charge in [0.1, 0.15) is 0 Å². The highest BCUT2D eigenvalue weighted by Gasteiger charge is 2.00. The summed E-state index contributed by atoms with van der Waals surface area (Å²) in [6.45, 7) is 3.79. The third-order valence-corrected chi connectivity index (χ3v) is 2.01. The number of rotatable bonds is 5. The fourth-order valence-electron chi connectivity index (χ4n) is 1.24. The van der Waals surface area contributed by atoms with E-state index in [0.29, 0.717) is 19.8 Å². The van der Waals surface area contributed by atoms with Crippen molar-refractivity contribution in [1.29, 1.82) is 0 Å². The van der Waals surface area contributed by atoms with E-state index in [1.807, 2.05) is 31.2 Å². The molecule has 0 radical (unpaired) electrons. The lowest BCUT2D eigenvalue weighted by Gasteiger charge is -2.07. The van der Waals surface area contributed by atoms with Crippen LogP contribution in [0.1, 0.15) is 18.1 Å². The topological polar surface area (TPSA) is 73.6 Å². The summed E-state index contributed by atoms with van der Waals surface area (Å²) in [5, 5.41) is 0. The lowest BCUT2D eigenvalue weighted by atomic mass is 10.1. The Hall–Kier alpha value is -1.55. The van der Waals surface area contributed by atoms with E-state index >= 15 is 0 Å². The largest absolute Gasteiger partial charge is 0.377 e. The van der Waals surface area contributed by atoms with Gasteiger partial charge in [-0.15, -0.1) is 0 Å². The molecule has 0 heterocycles. The van der Waals surface area contributed by atoms with E-state index in [2.05, 4.69) is 4.99 Å². The van der Waals surface area contributed by atoms with Crippen LogP contribution in [-0.4, -0.2) is 12.6 Å². The zero-order valence-corrected chi connectivity index (χ0v) is 8.94. The highest BCUT2D eigenvalue weighted by atomic mass is 16.5. The highest BCUT2D eigenvalue weighted by molar-refractivity contribution is 5.75. The Balaban J connectivity index is 2.72. The average Bonchev–Trinajstić information content (AvgIpc) is 2.24. The second-order valence-electron chi connectivity index (χ2n) is 3.15. The van der Waals surface area contributed by atoms with Crippen molar-refractivity contribution in [3.8, 4) is 0 Å². The van der Waals surface area contributed by atoms with Crippen molar-refractivity contribution in [3.63, 3.8) is 0 Å². The minimum Gasteiger partial charge on any atom is -0.377 e. The SMILES string of the molecule is CCOCc1ccccc1CN=C(N)N. The maximum Gasteiger partial charge on any atom is 0.186 e. The second kappa shape index (κ2) is 6.03. The highest BCUT2D eigenvalue weighted by Crippen LogP contribution is 2.11. The number of guanidine groups is 1. The monoisotopic (exact) mass is 207 g/mol. The molecule has 4 N–H and O–H groups in total. The van der Waals surface area contributed by atoms with Gasteiger partial charge < -0.3 is 16.2 Å². The first kappa shape index (κ1) is 11.5. The molecule has 4 nitrogen and oxygen atoms in total. The van der Waals surface area contributed by atoms with Crippen molar-refractivity contribution in [2.24, 2.45) is 16.5 Å². The van der Waals surface area contributed by atoms with Crippen LogP contribution >= 0.6 is 0 Å². The number of hydrogen-bond donors (Lipinski definition) is 2. The first-order chi connectivity index (χ1) is 7.24. The normalized spacial score (nSPS) is 9.93. The van der Waals surface area contributed by atoms with Gasteiger partial charge in [0.15, 0.2) is 5.96 Å². The number of ether oxygens (including phenoxy) is 1. The van der Waals surface area contributed by atoms with E-state index in [1.54, 1.807) is 0 Å². The Morgan fingerprint density at radius 3 is 2.53 bits per heavy atom. The summed E-state index contributed by atoms with van der Waals surface area (Å²) in [7, 11) is 0. The van der Waals surface area contributed by atoms with Crippen LogP contribution in [0.25, 0.3) is 0 Å². The third-order valence-electron chi connectivity index (χ3n) is 2.01. The van der Waals surface area contributed by atoms with Gasteiger partial charge >= 0.3 is 0 Å². The summed E-state index contributed by atoms with van der Waals surface area (Å²) in [4.78, 5) is 3.98. The minimum atomic E-state index is 0.112. The minimum absolute atomic E-state index is 0.112. The first-order valence-electron chi connectivity index (χ1n) is 4.94. The molecule has 0 amide bonds. The molecule has 0 saturated heterocycles. The average molecular weight is 207 g/mol. The van der Waals surface area contributed by atoms with Gasteiger partial charge in [-0.2, -0.15) is 0 Å². The number of benzene rings is 1. The van der Waals surface area contributed by atoms with Crippen LogP contribution in [0, 0.1) is 0 Å². The third kappa shape index (κ3) is 3.99. The van der Waals surface area contributed by atoms with Crippen LogP contribution in [-0.2, 0) is 17.9 Å². The standard InChI is InChI=1S/C11H17N3O/c1-2-15-8-10-6-4-3-5-9(10)7-14-11(12)13/h3-6H,2,7-8H2,1H3,(H4,12,13,14). The molecule has 1 aromatic carbocycles. The second-order valence-corrected chi connectivity index (χ2v) is 3.15. The molecule has 0 saturated carbocycles. The van der Waals surface area contributed by atoms with E-state index < -0.39 is 0 Å². The fourth-order valence-corrected chi connectivity index (χ4v) is 1.24. The first-order valence-corrected chi connectivity index (χ1v) is 4.94. The van der Waals surface area contributed by atoms with Crippen molar-refractivity contribution >= 4 is 5.96 Å². The summed E-state index contributed by atoms with van der Waals surface area (Å²) in [5.74, 6) is 0.112. The van der Waals surface area contributed by atoms with Crippen LogP contribution in [0.4, 0.5) is 0 Å². The summed E-state index contributed by atoms with van der Waals surface area (Å²) in [6.07, 6.45) is 0. The summed E-state index contributed by atoms with van der Waals surface area (Å²) in [6, 6.07) is 7.97. The molecule has 4 heteroatoms. The number of nitrogens with two attached hydrogens (primary N) is 2. The molecule has 0 aliphatic carbocycles. The zero-order chi connectivity index (χ0) is 11.1. The lowest BCUT2D eigenvalue weighted by Crippen LogP contribution is -2.22. The Morgan fingerprint density at radius 2 is 1.93 bits per heavy atom. The molecule has 0 unspecified atom stereocenters. The summed E-state index contributed by atoms with van der Waals surface area (Å²) in [5.41, 5.74) is 12.8. The van der Waals surface area contributed by atoms with Gasteiger partial charge in [0.2, 0.25) is 0 Å². The quantitative estimate of drug-likeness (QED) is 0.558. The van der Waals surface area contributed by atoms with Crippen molar-refractivity contribution < 1.29 is 4.74 Å². The molecule has 0 aromatic heterocycles. The van der Waals surface area contributed by atoms with Crippen LogP contribution < -0.4 is 11.5 Å². The maximum atomic E-state index is 5.36. The van der Waals surface area contributed by atoms with Crippen molar-refractivity contribution in [1.82, 2.24) is 0 Å². The Labute approximate surface area is 89.9 Å². The molecule has 0 spiro atoms. The Bertz CT molecular complexity index is 332. The van der Waals surface area contributed by atoms with Gasteiger partial charge in [0.25, 0.3) is 0 Å². The summed E-state index contributed by atoms with van der Waals surface area (Å²) >= 11 is 0. The van der Waals surface area contributed by atoms with Gasteiger partial charge in [0.05, 0.1) is 13.2 Å². The molecule has 0 fully saturated rings. The van der Waals surface area contributed by atoms with Crippen molar-refractivity contribution in [3.05, 3.63) is 35.4 Å². The van der Waals surface area contributed by atoms with Crippen LogP contribution in [0.2, 0.25) is 0 Å². The predicted molar refractivity (Wildman–Crippen MR) is 61.3 cm³/mol. The maximum absolute atomic E-state index is 5.36. The van der Waals surface area contributed by atoms with Crippen LogP contribution in [0.3, 0.4) is 0 Å². The summed E-state index contributed by atoms with van der Waals surface area (Å²) < 4.78 is 5.36. The molecule has 1 aromatic rings. The number of aliphatic imine (C=N–C) groups is 1. The molecular weight excluding hydrogens is 190 g/mol. The van der Waals surface area contributed by atoms with Crippen LogP contribution in [0.5, 0.6) is 0 Å². The molecule has 0 aliphatic heterocycles. The van der Waals surface area contributed by atoms with Crippen molar-refractivity contribution in [2.45, 2.75) is 20.1 Å². The number of nitrogens with zero attached hydrogens (tertiary/aromatic N) is 1. The van der Waals surface area contributed by atoms with E-state index in [0.717, 1.165) is 11.1 Å². The number of hydrogen-bond acceptors (Lipinski definition) is 2. The molecule has 82 valence electrons. The van der Waals surface area contributed by atoms with E-state index in [9.17, 15) is 0 Å². The molecule has 0 aliphatic rings. The van der Waals surface area contributed by atoms with Gasteiger partial charge in [-0.05, 0) is 18.1 Å². The Kier molecular flexibility index (Phi) is 4.63. The fraction of sp³-hybridized carbons (Fsp3) is 0.364. The van der Waals surface area contributed by atoms with Gasteiger partial charge in [0, 0.05) is 6.61 Å². The molecule has 0 bridgehead atoms. The lowest BCUT2D eigenvalue weighted by molar-refractivity contribution is 0.133.